The average Bonchev–Trinajstić information content (AvgIpc) is 2.87. The van der Waals surface area contributed by atoms with E-state index in [0.717, 1.165) is 18.5 Å². The summed E-state index contributed by atoms with van der Waals surface area (Å²) in [6, 6.07) is 11.7. The van der Waals surface area contributed by atoms with Crippen LogP contribution in [0, 0.1) is 6.92 Å². The fraction of sp³-hybridized carbons (Fsp3) is 0.471. The molecule has 20 heavy (non-hydrogen) atoms. The van der Waals surface area contributed by atoms with Crippen LogP contribution in [0.3, 0.4) is 0 Å². The Morgan fingerprint density at radius 3 is 2.60 bits per heavy atom. The maximum Gasteiger partial charge on any atom is 0.0640 e. The summed E-state index contributed by atoms with van der Waals surface area (Å²) in [6.07, 6.45) is 4.07. The number of likely N-dealkylation sites (N-methyl/N-ethyl adjacent to an activating group) is 1. The predicted molar refractivity (Wildman–Crippen MR) is 84.0 cm³/mol. The highest BCUT2D eigenvalue weighted by Crippen LogP contribution is 2.11. The number of nitrogens with zero attached hydrogens (tertiary/aromatic N) is 2. The zero-order chi connectivity index (χ0) is 14.5. The van der Waals surface area contributed by atoms with Crippen molar-refractivity contribution in [1.29, 1.82) is 0 Å². The van der Waals surface area contributed by atoms with Crippen molar-refractivity contribution < 1.29 is 0 Å². The van der Waals surface area contributed by atoms with Gasteiger partial charge in [-0.2, -0.15) is 5.10 Å². The molecule has 1 N–H and O–H groups in total. The van der Waals surface area contributed by atoms with Gasteiger partial charge in [-0.05, 0) is 45.9 Å². The number of hydrogen-bond donors (Lipinski definition) is 1. The molecule has 3 heteroatoms. The number of aryl methyl sites for hydroxylation is 1. The Morgan fingerprint density at radius 1 is 1.20 bits per heavy atom. The van der Waals surface area contributed by atoms with Crippen LogP contribution in [-0.4, -0.2) is 22.9 Å². The highest BCUT2D eigenvalue weighted by Gasteiger charge is 2.11. The lowest BCUT2D eigenvalue weighted by molar-refractivity contribution is 0.508. The van der Waals surface area contributed by atoms with Crippen molar-refractivity contribution in [3.63, 3.8) is 0 Å². The molecule has 0 radical (unpaired) electrons. The van der Waals surface area contributed by atoms with Crippen molar-refractivity contribution in [2.45, 2.75) is 45.7 Å². The summed E-state index contributed by atoms with van der Waals surface area (Å²) < 4.78 is 2.02. The SMILES string of the molecule is CNC(Cc1cccc(C)c1)Cc1ccn(C(C)C)n1. The molecule has 0 saturated carbocycles. The molecule has 1 aromatic heterocycles. The van der Waals surface area contributed by atoms with Crippen LogP contribution in [0.15, 0.2) is 36.5 Å². The van der Waals surface area contributed by atoms with Gasteiger partial charge in [0.25, 0.3) is 0 Å². The molecule has 2 rings (SSSR count). The molecule has 0 amide bonds. The lowest BCUT2D eigenvalue weighted by Gasteiger charge is -2.15. The van der Waals surface area contributed by atoms with Crippen molar-refractivity contribution in [2.75, 3.05) is 7.05 Å². The number of benzene rings is 1. The minimum Gasteiger partial charge on any atom is -0.316 e. The molecule has 1 aromatic carbocycles. The normalized spacial score (nSPS) is 12.8. The van der Waals surface area contributed by atoms with Crippen LogP contribution in [0.2, 0.25) is 0 Å². The molecule has 0 fully saturated rings. The third kappa shape index (κ3) is 3.94. The maximum absolute atomic E-state index is 4.63. The monoisotopic (exact) mass is 271 g/mol. The molecule has 1 atom stereocenters. The molecule has 0 aliphatic heterocycles. The van der Waals surface area contributed by atoms with Gasteiger partial charge in [-0.1, -0.05) is 29.8 Å². The van der Waals surface area contributed by atoms with E-state index in [2.05, 4.69) is 67.7 Å². The van der Waals surface area contributed by atoms with Crippen molar-refractivity contribution in [2.24, 2.45) is 0 Å². The lowest BCUT2D eigenvalue weighted by Crippen LogP contribution is -2.30. The first-order chi connectivity index (χ1) is 9.58. The van der Waals surface area contributed by atoms with Crippen LogP contribution in [0.5, 0.6) is 0 Å². The molecule has 3 nitrogen and oxygen atoms in total. The first kappa shape index (κ1) is 14.8. The fourth-order valence-corrected chi connectivity index (χ4v) is 2.43. The highest BCUT2D eigenvalue weighted by molar-refractivity contribution is 5.23. The molecular weight excluding hydrogens is 246 g/mol. The van der Waals surface area contributed by atoms with E-state index in [9.17, 15) is 0 Å². The number of rotatable bonds is 6. The van der Waals surface area contributed by atoms with E-state index in [1.165, 1.54) is 11.1 Å². The van der Waals surface area contributed by atoms with Gasteiger partial charge in [0, 0.05) is 24.7 Å². The Balaban J connectivity index is 2.01. The summed E-state index contributed by atoms with van der Waals surface area (Å²) in [5.41, 5.74) is 3.86. The molecule has 1 unspecified atom stereocenters. The maximum atomic E-state index is 4.63. The van der Waals surface area contributed by atoms with Crippen LogP contribution in [0.25, 0.3) is 0 Å². The summed E-state index contributed by atoms with van der Waals surface area (Å²) in [6.45, 7) is 6.44. The summed E-state index contributed by atoms with van der Waals surface area (Å²) in [7, 11) is 2.03. The van der Waals surface area contributed by atoms with Gasteiger partial charge in [-0.3, -0.25) is 4.68 Å². The van der Waals surface area contributed by atoms with Crippen molar-refractivity contribution in [3.05, 3.63) is 53.3 Å². The molecule has 2 aromatic rings. The third-order valence-electron chi connectivity index (χ3n) is 3.62. The largest absolute Gasteiger partial charge is 0.316 e. The minimum absolute atomic E-state index is 0.423. The molecular formula is C17H25N3. The Kier molecular flexibility index (Phi) is 4.96. The summed E-state index contributed by atoms with van der Waals surface area (Å²) >= 11 is 0. The smallest absolute Gasteiger partial charge is 0.0640 e. The van der Waals surface area contributed by atoms with E-state index in [0.29, 0.717) is 12.1 Å². The van der Waals surface area contributed by atoms with Crippen LogP contribution in [0.1, 0.15) is 36.7 Å². The van der Waals surface area contributed by atoms with Gasteiger partial charge in [-0.25, -0.2) is 0 Å². The predicted octanol–water partition coefficient (Wildman–Crippen LogP) is 3.15. The second-order valence-electron chi connectivity index (χ2n) is 5.76. The second kappa shape index (κ2) is 6.71. The Hall–Kier alpha value is -1.61. The van der Waals surface area contributed by atoms with Gasteiger partial charge >= 0.3 is 0 Å². The molecule has 108 valence electrons. The van der Waals surface area contributed by atoms with E-state index in [4.69, 9.17) is 0 Å². The van der Waals surface area contributed by atoms with E-state index in [1.807, 2.05) is 11.7 Å². The average molecular weight is 271 g/mol. The first-order valence-corrected chi connectivity index (χ1v) is 7.35. The second-order valence-corrected chi connectivity index (χ2v) is 5.76. The molecule has 0 aliphatic rings. The number of hydrogen-bond acceptors (Lipinski definition) is 2. The number of aromatic nitrogens is 2. The van der Waals surface area contributed by atoms with Crippen molar-refractivity contribution >= 4 is 0 Å². The molecule has 0 aliphatic carbocycles. The van der Waals surface area contributed by atoms with Gasteiger partial charge in [0.15, 0.2) is 0 Å². The van der Waals surface area contributed by atoms with Crippen LogP contribution < -0.4 is 5.32 Å². The van der Waals surface area contributed by atoms with E-state index in [1.54, 1.807) is 0 Å². The Labute approximate surface area is 122 Å². The topological polar surface area (TPSA) is 29.9 Å². The lowest BCUT2D eigenvalue weighted by atomic mass is 10.0. The molecule has 0 saturated heterocycles. The van der Waals surface area contributed by atoms with E-state index in [-0.39, 0.29) is 0 Å². The van der Waals surface area contributed by atoms with Crippen LogP contribution >= 0.6 is 0 Å². The van der Waals surface area contributed by atoms with Crippen LogP contribution in [-0.2, 0) is 12.8 Å². The van der Waals surface area contributed by atoms with Gasteiger partial charge in [-0.15, -0.1) is 0 Å². The van der Waals surface area contributed by atoms with E-state index >= 15 is 0 Å². The quantitative estimate of drug-likeness (QED) is 0.874. The zero-order valence-electron chi connectivity index (χ0n) is 12.9. The van der Waals surface area contributed by atoms with Gasteiger partial charge in [0.1, 0.15) is 0 Å². The zero-order valence-corrected chi connectivity index (χ0v) is 12.9. The van der Waals surface area contributed by atoms with Crippen LogP contribution in [0.4, 0.5) is 0 Å². The van der Waals surface area contributed by atoms with Crippen molar-refractivity contribution in [3.8, 4) is 0 Å². The summed E-state index contributed by atoms with van der Waals surface area (Å²) in [5, 5.41) is 8.04. The Morgan fingerprint density at radius 2 is 2.00 bits per heavy atom. The Bertz CT molecular complexity index is 543. The third-order valence-corrected chi connectivity index (χ3v) is 3.62. The number of nitrogens with one attached hydrogen (secondary N) is 1. The van der Waals surface area contributed by atoms with Gasteiger partial charge < -0.3 is 5.32 Å². The molecule has 0 spiro atoms. The first-order valence-electron chi connectivity index (χ1n) is 7.35. The summed E-state index contributed by atoms with van der Waals surface area (Å²) in [5.74, 6) is 0. The standard InChI is InChI=1S/C17H25N3/c1-13(2)20-9-8-16(19-20)12-17(18-4)11-15-7-5-6-14(3)10-15/h5-10,13,17-18H,11-12H2,1-4H3. The summed E-state index contributed by atoms with van der Waals surface area (Å²) in [4.78, 5) is 0. The fourth-order valence-electron chi connectivity index (χ4n) is 2.43. The van der Waals surface area contributed by atoms with Crippen molar-refractivity contribution in [1.82, 2.24) is 15.1 Å². The van der Waals surface area contributed by atoms with Gasteiger partial charge in [0.05, 0.1) is 5.69 Å². The highest BCUT2D eigenvalue weighted by atomic mass is 15.3. The molecule has 0 bridgehead atoms. The van der Waals surface area contributed by atoms with Gasteiger partial charge in [0.2, 0.25) is 0 Å². The molecule has 1 heterocycles. The van der Waals surface area contributed by atoms with E-state index < -0.39 is 0 Å². The minimum atomic E-state index is 0.423.